The van der Waals surface area contributed by atoms with Crippen molar-refractivity contribution in [2.75, 3.05) is 19.6 Å². The minimum atomic E-state index is -0.0673. The standard InChI is InChI=1S/C23H24N4O2/c24-10-16-3-5-17(6-4-16)13-27-14-20-19(21-7-8-23(20,15-27)29-21)12-26-22(28)18-2-1-9-25-11-18/h1-6,9,11,19-21H,7-8,12-15H2,(H,26,28)/t19-,20+,21+,23+/m0/s1. The first-order valence-corrected chi connectivity index (χ1v) is 10.2. The molecule has 0 unspecified atom stereocenters. The molecule has 2 bridgehead atoms. The molecule has 3 aliphatic rings. The second-order valence-electron chi connectivity index (χ2n) is 8.46. The Bertz CT molecular complexity index is 940. The number of nitriles is 1. The van der Waals surface area contributed by atoms with Crippen LogP contribution < -0.4 is 5.32 Å². The molecule has 6 heteroatoms. The van der Waals surface area contributed by atoms with Crippen LogP contribution in [0, 0.1) is 23.2 Å². The van der Waals surface area contributed by atoms with Crippen LogP contribution in [0.5, 0.6) is 0 Å². The Morgan fingerprint density at radius 1 is 1.34 bits per heavy atom. The molecule has 1 amide bonds. The monoisotopic (exact) mass is 388 g/mol. The molecule has 3 aliphatic heterocycles. The van der Waals surface area contributed by atoms with Gasteiger partial charge in [-0.15, -0.1) is 0 Å². The molecule has 0 aliphatic carbocycles. The van der Waals surface area contributed by atoms with Crippen LogP contribution in [0.25, 0.3) is 0 Å². The van der Waals surface area contributed by atoms with Crippen LogP contribution in [0.3, 0.4) is 0 Å². The highest BCUT2D eigenvalue weighted by molar-refractivity contribution is 5.93. The summed E-state index contributed by atoms with van der Waals surface area (Å²) in [5.74, 6) is 0.742. The van der Waals surface area contributed by atoms with Gasteiger partial charge in [0.25, 0.3) is 5.91 Å². The highest BCUT2D eigenvalue weighted by Gasteiger charge is 2.62. The lowest BCUT2D eigenvalue weighted by Gasteiger charge is -2.29. The van der Waals surface area contributed by atoms with E-state index in [2.05, 4.69) is 21.3 Å². The van der Waals surface area contributed by atoms with Crippen LogP contribution in [-0.4, -0.2) is 47.1 Å². The molecule has 1 aromatic carbocycles. The van der Waals surface area contributed by atoms with E-state index in [1.807, 2.05) is 24.3 Å². The van der Waals surface area contributed by atoms with E-state index in [9.17, 15) is 4.79 Å². The molecule has 3 fully saturated rings. The number of carbonyl (C=O) groups excluding carboxylic acids is 1. The predicted octanol–water partition coefficient (Wildman–Crippen LogP) is 2.36. The van der Waals surface area contributed by atoms with Crippen LogP contribution in [0.15, 0.2) is 48.8 Å². The molecule has 3 saturated heterocycles. The maximum atomic E-state index is 12.4. The smallest absolute Gasteiger partial charge is 0.252 e. The fourth-order valence-corrected chi connectivity index (χ4v) is 5.43. The zero-order valence-corrected chi connectivity index (χ0v) is 16.3. The molecule has 4 atom stereocenters. The largest absolute Gasteiger partial charge is 0.370 e. The minimum Gasteiger partial charge on any atom is -0.370 e. The van der Waals surface area contributed by atoms with Crippen molar-refractivity contribution in [2.45, 2.75) is 31.1 Å². The number of aromatic nitrogens is 1. The lowest BCUT2D eigenvalue weighted by atomic mass is 9.73. The van der Waals surface area contributed by atoms with Gasteiger partial charge < -0.3 is 10.1 Å². The fraction of sp³-hybridized carbons (Fsp3) is 0.435. The third-order valence-electron chi connectivity index (χ3n) is 6.77. The highest BCUT2D eigenvalue weighted by Crippen LogP contribution is 2.54. The van der Waals surface area contributed by atoms with Crippen LogP contribution >= 0.6 is 0 Å². The van der Waals surface area contributed by atoms with Crippen molar-refractivity contribution in [3.63, 3.8) is 0 Å². The van der Waals surface area contributed by atoms with E-state index in [0.29, 0.717) is 29.5 Å². The van der Waals surface area contributed by atoms with Gasteiger partial charge in [-0.25, -0.2) is 0 Å². The van der Waals surface area contributed by atoms with Crippen molar-refractivity contribution in [3.05, 3.63) is 65.5 Å². The first kappa shape index (κ1) is 18.3. The van der Waals surface area contributed by atoms with Gasteiger partial charge in [-0.2, -0.15) is 5.26 Å². The van der Waals surface area contributed by atoms with Gasteiger partial charge in [0.05, 0.1) is 28.9 Å². The Labute approximate surface area is 170 Å². The molecule has 6 nitrogen and oxygen atoms in total. The number of fused-ring (bicyclic) bond motifs is 1. The summed E-state index contributed by atoms with van der Waals surface area (Å²) in [4.78, 5) is 18.9. The first-order chi connectivity index (χ1) is 14.2. The van der Waals surface area contributed by atoms with Crippen molar-refractivity contribution in [3.8, 4) is 6.07 Å². The van der Waals surface area contributed by atoms with E-state index >= 15 is 0 Å². The predicted molar refractivity (Wildman–Crippen MR) is 107 cm³/mol. The minimum absolute atomic E-state index is 0.0546. The molecular formula is C23H24N4O2. The van der Waals surface area contributed by atoms with E-state index in [-0.39, 0.29) is 17.6 Å². The molecule has 0 radical (unpaired) electrons. The maximum absolute atomic E-state index is 12.4. The van der Waals surface area contributed by atoms with Gasteiger partial charge in [-0.1, -0.05) is 12.1 Å². The first-order valence-electron chi connectivity index (χ1n) is 10.2. The third-order valence-corrected chi connectivity index (χ3v) is 6.77. The molecule has 1 spiro atoms. The topological polar surface area (TPSA) is 78.3 Å². The summed E-state index contributed by atoms with van der Waals surface area (Å²) in [7, 11) is 0. The lowest BCUT2D eigenvalue weighted by Crippen LogP contribution is -2.41. The molecule has 1 aromatic heterocycles. The van der Waals surface area contributed by atoms with Crippen LogP contribution in [-0.2, 0) is 11.3 Å². The molecule has 29 heavy (non-hydrogen) atoms. The second kappa shape index (κ2) is 7.25. The second-order valence-corrected chi connectivity index (χ2v) is 8.46. The van der Waals surface area contributed by atoms with Crippen molar-refractivity contribution in [2.24, 2.45) is 11.8 Å². The Balaban J connectivity index is 1.24. The number of hydrogen-bond donors (Lipinski definition) is 1. The van der Waals surface area contributed by atoms with Gasteiger partial charge >= 0.3 is 0 Å². The van der Waals surface area contributed by atoms with E-state index in [0.717, 1.165) is 32.5 Å². The van der Waals surface area contributed by atoms with E-state index in [1.165, 1.54) is 5.56 Å². The Hall–Kier alpha value is -2.75. The van der Waals surface area contributed by atoms with E-state index < -0.39 is 0 Å². The van der Waals surface area contributed by atoms with Gasteiger partial charge in [0.1, 0.15) is 0 Å². The summed E-state index contributed by atoms with van der Waals surface area (Å²) in [6, 6.07) is 13.6. The molecular weight excluding hydrogens is 364 g/mol. The highest BCUT2D eigenvalue weighted by atomic mass is 16.5. The average Bonchev–Trinajstić information content (AvgIpc) is 3.41. The molecule has 148 valence electrons. The van der Waals surface area contributed by atoms with Crippen LogP contribution in [0.4, 0.5) is 0 Å². The fourth-order valence-electron chi connectivity index (χ4n) is 5.43. The average molecular weight is 388 g/mol. The quantitative estimate of drug-likeness (QED) is 0.851. The Morgan fingerprint density at radius 2 is 2.21 bits per heavy atom. The number of rotatable bonds is 5. The van der Waals surface area contributed by atoms with Crippen LogP contribution in [0.1, 0.15) is 34.3 Å². The number of pyridine rings is 1. The molecule has 2 aromatic rings. The summed E-state index contributed by atoms with van der Waals surface area (Å²) in [5.41, 5.74) is 2.45. The SMILES string of the molecule is N#Cc1ccc(CN2C[C@@H]3[C@H](CNC(=O)c4cccnc4)[C@H]4CC[C@]3(C2)O4)cc1. The van der Waals surface area contributed by atoms with Gasteiger partial charge in [0, 0.05) is 50.4 Å². The number of nitrogens with one attached hydrogen (secondary N) is 1. The number of benzene rings is 1. The number of hydrogen-bond acceptors (Lipinski definition) is 5. The lowest BCUT2D eigenvalue weighted by molar-refractivity contribution is 0.00212. The zero-order chi connectivity index (χ0) is 19.8. The van der Waals surface area contributed by atoms with Crippen molar-refractivity contribution < 1.29 is 9.53 Å². The summed E-state index contributed by atoms with van der Waals surface area (Å²) in [5, 5.41) is 12.1. The number of likely N-dealkylation sites (tertiary alicyclic amines) is 1. The summed E-state index contributed by atoms with van der Waals surface area (Å²) < 4.78 is 6.49. The number of nitrogens with zero attached hydrogens (tertiary/aromatic N) is 3. The number of amides is 1. The summed E-state index contributed by atoms with van der Waals surface area (Å²) >= 11 is 0. The van der Waals surface area contributed by atoms with Crippen LogP contribution in [0.2, 0.25) is 0 Å². The van der Waals surface area contributed by atoms with Crippen molar-refractivity contribution >= 4 is 5.91 Å². The summed E-state index contributed by atoms with van der Waals surface area (Å²) in [6.07, 6.45) is 5.72. The molecule has 4 heterocycles. The van der Waals surface area contributed by atoms with Gasteiger partial charge in [-0.3, -0.25) is 14.7 Å². The van der Waals surface area contributed by atoms with Gasteiger partial charge in [0.2, 0.25) is 0 Å². The maximum Gasteiger partial charge on any atom is 0.252 e. The Morgan fingerprint density at radius 3 is 2.97 bits per heavy atom. The molecule has 5 rings (SSSR count). The van der Waals surface area contributed by atoms with E-state index in [4.69, 9.17) is 10.00 Å². The van der Waals surface area contributed by atoms with E-state index in [1.54, 1.807) is 24.5 Å². The zero-order valence-electron chi connectivity index (χ0n) is 16.3. The van der Waals surface area contributed by atoms with Crippen molar-refractivity contribution in [1.29, 1.82) is 5.26 Å². The third kappa shape index (κ3) is 3.31. The van der Waals surface area contributed by atoms with Gasteiger partial charge in [0.15, 0.2) is 0 Å². The number of ether oxygens (including phenoxy) is 1. The molecule has 1 N–H and O–H groups in total. The van der Waals surface area contributed by atoms with Gasteiger partial charge in [-0.05, 0) is 42.7 Å². The summed E-state index contributed by atoms with van der Waals surface area (Å²) in [6.45, 7) is 3.45. The normalized spacial score (nSPS) is 30.1. The molecule has 0 saturated carbocycles. The Kier molecular flexibility index (Phi) is 4.57. The van der Waals surface area contributed by atoms with Crippen molar-refractivity contribution in [1.82, 2.24) is 15.2 Å². The number of carbonyl (C=O) groups is 1.